The molecule has 0 atom stereocenters. The second kappa shape index (κ2) is 6.16. The van der Waals surface area contributed by atoms with Gasteiger partial charge in [0.15, 0.2) is 0 Å². The molecule has 0 bridgehead atoms. The number of Topliss-reactive ketones (excluding diaryl/α,β-unsaturated/α-hetero) is 1. The molecule has 0 aliphatic heterocycles. The molecule has 0 heterocycles. The number of carbonyl (C=O) groups excluding carboxylic acids is 1. The topological polar surface area (TPSA) is 17.1 Å². The number of halogens is 4. The molecule has 1 aromatic carbocycles. The maximum absolute atomic E-state index is 11.9. The summed E-state index contributed by atoms with van der Waals surface area (Å²) < 4.78 is 45.2. The Balaban J connectivity index is 0.000000262. The van der Waals surface area contributed by atoms with E-state index in [1.807, 2.05) is 0 Å². The van der Waals surface area contributed by atoms with Crippen molar-refractivity contribution in [2.24, 2.45) is 0 Å². The number of alkyl halides is 3. The summed E-state index contributed by atoms with van der Waals surface area (Å²) in [4.78, 5) is 9.71. The van der Waals surface area contributed by atoms with Gasteiger partial charge in [-0.15, -0.1) is 0 Å². The van der Waals surface area contributed by atoms with Crippen LogP contribution in [0.4, 0.5) is 17.6 Å². The summed E-state index contributed by atoms with van der Waals surface area (Å²) in [7, 11) is 0. The zero-order valence-corrected chi connectivity index (χ0v) is 8.01. The second-order valence-electron chi connectivity index (χ2n) is 2.57. The lowest BCUT2D eigenvalue weighted by Gasteiger charge is -1.99. The highest BCUT2D eigenvalue weighted by atomic mass is 19.4. The molecular formula is C10H10F4O. The van der Waals surface area contributed by atoms with E-state index in [4.69, 9.17) is 0 Å². The quantitative estimate of drug-likeness (QED) is 0.666. The fourth-order valence-corrected chi connectivity index (χ4v) is 0.615. The van der Waals surface area contributed by atoms with Crippen molar-refractivity contribution in [2.75, 3.05) is 0 Å². The zero-order chi connectivity index (χ0) is 11.9. The summed E-state index contributed by atoms with van der Waals surface area (Å²) in [6, 6.07) is 7.94. The highest BCUT2D eigenvalue weighted by Gasteiger charge is 2.36. The predicted octanol–water partition coefficient (Wildman–Crippen LogP) is 3.35. The van der Waals surface area contributed by atoms with Crippen LogP contribution >= 0.6 is 0 Å². The van der Waals surface area contributed by atoms with Gasteiger partial charge in [-0.25, -0.2) is 4.39 Å². The Labute approximate surface area is 84.7 Å². The zero-order valence-electron chi connectivity index (χ0n) is 8.01. The smallest absolute Gasteiger partial charge is 0.290 e. The third-order valence-corrected chi connectivity index (χ3v) is 1.37. The third-order valence-electron chi connectivity index (χ3n) is 1.37. The van der Waals surface area contributed by atoms with Gasteiger partial charge in [-0.05, 0) is 12.1 Å². The molecule has 0 fully saturated rings. The Kier molecular flexibility index (Phi) is 5.59. The average molecular weight is 222 g/mol. The van der Waals surface area contributed by atoms with Crippen LogP contribution in [0, 0.1) is 5.82 Å². The molecule has 1 nitrogen and oxygen atoms in total. The van der Waals surface area contributed by atoms with Crippen molar-refractivity contribution < 1.29 is 22.4 Å². The number of hydrogen-bond donors (Lipinski definition) is 0. The number of benzene rings is 1. The van der Waals surface area contributed by atoms with Crippen molar-refractivity contribution in [1.29, 1.82) is 0 Å². The first-order valence-corrected chi connectivity index (χ1v) is 4.18. The van der Waals surface area contributed by atoms with Gasteiger partial charge in [-0.2, -0.15) is 13.2 Å². The highest BCUT2D eigenvalue weighted by molar-refractivity contribution is 5.83. The maximum atomic E-state index is 11.9. The lowest BCUT2D eigenvalue weighted by Crippen LogP contribution is -2.20. The Morgan fingerprint density at radius 2 is 1.67 bits per heavy atom. The first-order chi connectivity index (χ1) is 6.88. The standard InChI is InChI=1S/C6H5F.C4H5F3O/c7-6-4-2-1-3-5-6;1-2-3(8)4(5,6)7/h1-5H;2H2,1H3. The molecule has 0 amide bonds. The third kappa shape index (κ3) is 6.65. The normalized spacial score (nSPS) is 10.2. The van der Waals surface area contributed by atoms with Crippen LogP contribution in [0.25, 0.3) is 0 Å². The number of ketones is 1. The SMILES string of the molecule is CCC(=O)C(F)(F)F.Fc1ccccc1. The summed E-state index contributed by atoms with van der Waals surface area (Å²) in [5.74, 6) is -1.85. The fraction of sp³-hybridized carbons (Fsp3) is 0.300. The van der Waals surface area contributed by atoms with E-state index in [0.717, 1.165) is 0 Å². The minimum absolute atomic E-state index is 0.178. The van der Waals surface area contributed by atoms with E-state index in [2.05, 4.69) is 0 Å². The van der Waals surface area contributed by atoms with Gasteiger partial charge in [0.1, 0.15) is 5.82 Å². The molecule has 0 spiro atoms. The van der Waals surface area contributed by atoms with Crippen LogP contribution in [0.5, 0.6) is 0 Å². The molecular weight excluding hydrogens is 212 g/mol. The molecule has 0 radical (unpaired) electrons. The molecule has 84 valence electrons. The first-order valence-electron chi connectivity index (χ1n) is 4.18. The Morgan fingerprint density at radius 3 is 1.80 bits per heavy atom. The summed E-state index contributed by atoms with van der Waals surface area (Å²) in [6.07, 6.45) is -5.10. The number of rotatable bonds is 1. The van der Waals surface area contributed by atoms with Crippen LogP contribution in [0.3, 0.4) is 0 Å². The number of carbonyl (C=O) groups is 1. The molecule has 0 aliphatic rings. The summed E-state index contributed by atoms with van der Waals surface area (Å²) in [5, 5.41) is 0. The van der Waals surface area contributed by atoms with Crippen LogP contribution in [0.1, 0.15) is 13.3 Å². The van der Waals surface area contributed by atoms with Gasteiger partial charge in [-0.3, -0.25) is 4.79 Å². The maximum Gasteiger partial charge on any atom is 0.449 e. The van der Waals surface area contributed by atoms with Crippen LogP contribution in [0.2, 0.25) is 0 Å². The molecule has 1 rings (SSSR count). The van der Waals surface area contributed by atoms with Crippen molar-refractivity contribution in [1.82, 2.24) is 0 Å². The van der Waals surface area contributed by atoms with Crippen LogP contribution < -0.4 is 0 Å². The molecule has 0 unspecified atom stereocenters. The molecule has 15 heavy (non-hydrogen) atoms. The van der Waals surface area contributed by atoms with E-state index < -0.39 is 18.4 Å². The lowest BCUT2D eigenvalue weighted by molar-refractivity contribution is -0.170. The molecule has 0 saturated carbocycles. The number of hydrogen-bond acceptors (Lipinski definition) is 1. The molecule has 1 aromatic rings. The van der Waals surface area contributed by atoms with E-state index in [1.54, 1.807) is 18.2 Å². The largest absolute Gasteiger partial charge is 0.449 e. The van der Waals surface area contributed by atoms with E-state index in [1.165, 1.54) is 19.1 Å². The predicted molar refractivity (Wildman–Crippen MR) is 47.8 cm³/mol. The van der Waals surface area contributed by atoms with E-state index in [0.29, 0.717) is 0 Å². The second-order valence-corrected chi connectivity index (χ2v) is 2.57. The van der Waals surface area contributed by atoms with Gasteiger partial charge in [0.05, 0.1) is 0 Å². The van der Waals surface area contributed by atoms with Gasteiger partial charge >= 0.3 is 6.18 Å². The van der Waals surface area contributed by atoms with Crippen molar-refractivity contribution in [3.8, 4) is 0 Å². The highest BCUT2D eigenvalue weighted by Crippen LogP contribution is 2.16. The van der Waals surface area contributed by atoms with Gasteiger partial charge < -0.3 is 0 Å². The van der Waals surface area contributed by atoms with Crippen molar-refractivity contribution in [3.63, 3.8) is 0 Å². The van der Waals surface area contributed by atoms with Crippen molar-refractivity contribution >= 4 is 5.78 Å². The van der Waals surface area contributed by atoms with Gasteiger partial charge in [0, 0.05) is 6.42 Å². The Bertz CT molecular complexity index is 292. The molecule has 0 aromatic heterocycles. The average Bonchev–Trinajstić information content (AvgIpc) is 2.17. The van der Waals surface area contributed by atoms with Crippen LogP contribution in [-0.2, 0) is 4.79 Å². The van der Waals surface area contributed by atoms with Crippen molar-refractivity contribution in [3.05, 3.63) is 36.1 Å². The summed E-state index contributed by atoms with van der Waals surface area (Å²) >= 11 is 0. The van der Waals surface area contributed by atoms with Gasteiger partial charge in [0.25, 0.3) is 0 Å². The summed E-state index contributed by atoms with van der Waals surface area (Å²) in [6.45, 7) is 1.18. The lowest BCUT2D eigenvalue weighted by atomic mass is 10.3. The summed E-state index contributed by atoms with van der Waals surface area (Å²) in [5.41, 5.74) is 0. The minimum Gasteiger partial charge on any atom is -0.290 e. The first kappa shape index (κ1) is 13.6. The monoisotopic (exact) mass is 222 g/mol. The van der Waals surface area contributed by atoms with Gasteiger partial charge in [0.2, 0.25) is 5.78 Å². The van der Waals surface area contributed by atoms with E-state index in [9.17, 15) is 22.4 Å². The van der Waals surface area contributed by atoms with Crippen LogP contribution in [0.15, 0.2) is 30.3 Å². The van der Waals surface area contributed by atoms with Gasteiger partial charge in [-0.1, -0.05) is 25.1 Å². The van der Waals surface area contributed by atoms with Crippen LogP contribution in [-0.4, -0.2) is 12.0 Å². The molecule has 0 N–H and O–H groups in total. The molecule has 5 heteroatoms. The van der Waals surface area contributed by atoms with Crippen molar-refractivity contribution in [2.45, 2.75) is 19.5 Å². The fourth-order valence-electron chi connectivity index (χ4n) is 0.615. The Hall–Kier alpha value is -1.39. The minimum atomic E-state index is -4.63. The van der Waals surface area contributed by atoms with E-state index >= 15 is 0 Å². The molecule has 0 saturated heterocycles. The molecule has 0 aliphatic carbocycles. The van der Waals surface area contributed by atoms with E-state index in [-0.39, 0.29) is 5.82 Å². The Morgan fingerprint density at radius 1 is 1.20 bits per heavy atom.